The Balaban J connectivity index is 2.33. The molecule has 0 amide bonds. The van der Waals surface area contributed by atoms with Crippen LogP contribution in [0, 0.1) is 0 Å². The molecule has 0 spiro atoms. The van der Waals surface area contributed by atoms with Gasteiger partial charge in [-0.25, -0.2) is 9.78 Å². The van der Waals surface area contributed by atoms with Crippen molar-refractivity contribution in [1.29, 1.82) is 0 Å². The van der Waals surface area contributed by atoms with E-state index in [4.69, 9.17) is 28.3 Å². The molecule has 0 aliphatic heterocycles. The van der Waals surface area contributed by atoms with Crippen LogP contribution in [-0.2, 0) is 0 Å². The Labute approximate surface area is 127 Å². The first-order valence-electron chi connectivity index (χ1n) is 5.08. The fourth-order valence-corrected chi connectivity index (χ4v) is 2.11. The standard InChI is InChI=1S/C12H7BrCl2N2O2/c13-7-1-2-8(14)10(4-7)17-11-9(15)3-6(5-16-11)12(18)19/h1-5H,(H,16,17)(H,18,19). The first-order chi connectivity index (χ1) is 8.97. The number of carboxylic acid groups (broad SMARTS) is 1. The molecule has 2 aromatic rings. The van der Waals surface area contributed by atoms with Gasteiger partial charge in [0.05, 0.1) is 21.3 Å². The predicted molar refractivity (Wildman–Crippen MR) is 78.6 cm³/mol. The maximum Gasteiger partial charge on any atom is 0.337 e. The molecule has 0 saturated carbocycles. The molecule has 7 heteroatoms. The number of aromatic nitrogens is 1. The van der Waals surface area contributed by atoms with Crippen molar-refractivity contribution < 1.29 is 9.90 Å². The monoisotopic (exact) mass is 360 g/mol. The van der Waals surface area contributed by atoms with Crippen molar-refractivity contribution in [3.63, 3.8) is 0 Å². The molecule has 1 aromatic heterocycles. The lowest BCUT2D eigenvalue weighted by molar-refractivity contribution is 0.0696. The van der Waals surface area contributed by atoms with Gasteiger partial charge in [-0.3, -0.25) is 0 Å². The highest BCUT2D eigenvalue weighted by molar-refractivity contribution is 9.10. The van der Waals surface area contributed by atoms with Crippen LogP contribution in [0.1, 0.15) is 10.4 Å². The maximum absolute atomic E-state index is 10.8. The maximum atomic E-state index is 10.8. The first-order valence-corrected chi connectivity index (χ1v) is 6.63. The number of pyridine rings is 1. The summed E-state index contributed by atoms with van der Waals surface area (Å²) in [6.07, 6.45) is 1.22. The van der Waals surface area contributed by atoms with Gasteiger partial charge < -0.3 is 10.4 Å². The lowest BCUT2D eigenvalue weighted by atomic mass is 10.2. The predicted octanol–water partition coefficient (Wildman–Crippen LogP) is 4.59. The average Bonchev–Trinajstić information content (AvgIpc) is 2.36. The Morgan fingerprint density at radius 1 is 1.26 bits per heavy atom. The lowest BCUT2D eigenvalue weighted by Gasteiger charge is -2.10. The van der Waals surface area contributed by atoms with E-state index in [1.165, 1.54) is 12.3 Å². The van der Waals surface area contributed by atoms with E-state index in [9.17, 15) is 4.79 Å². The largest absolute Gasteiger partial charge is 0.478 e. The third-order valence-electron chi connectivity index (χ3n) is 2.27. The van der Waals surface area contributed by atoms with E-state index in [1.807, 2.05) is 0 Å². The second-order valence-corrected chi connectivity index (χ2v) is 5.34. The Hall–Kier alpha value is -1.30. The molecular formula is C12H7BrCl2N2O2. The number of carboxylic acids is 1. The fourth-order valence-electron chi connectivity index (χ4n) is 1.37. The second kappa shape index (κ2) is 5.77. The molecule has 0 saturated heterocycles. The Kier molecular flexibility index (Phi) is 4.29. The molecule has 2 rings (SSSR count). The summed E-state index contributed by atoms with van der Waals surface area (Å²) < 4.78 is 0.845. The minimum atomic E-state index is -1.08. The zero-order valence-corrected chi connectivity index (χ0v) is 12.4. The van der Waals surface area contributed by atoms with Crippen LogP contribution in [-0.4, -0.2) is 16.1 Å². The summed E-state index contributed by atoms with van der Waals surface area (Å²) in [6, 6.07) is 6.61. The van der Waals surface area contributed by atoms with Crippen molar-refractivity contribution in [2.45, 2.75) is 0 Å². The van der Waals surface area contributed by atoms with Gasteiger partial charge in [0.15, 0.2) is 0 Å². The number of carbonyl (C=O) groups is 1. The number of hydrogen-bond acceptors (Lipinski definition) is 3. The second-order valence-electron chi connectivity index (χ2n) is 3.61. The summed E-state index contributed by atoms with van der Waals surface area (Å²) >= 11 is 15.3. The summed E-state index contributed by atoms with van der Waals surface area (Å²) in [5, 5.41) is 12.5. The lowest BCUT2D eigenvalue weighted by Crippen LogP contribution is -2.00. The Morgan fingerprint density at radius 3 is 2.63 bits per heavy atom. The summed E-state index contributed by atoms with van der Waals surface area (Å²) in [5.74, 6) is -0.742. The van der Waals surface area contributed by atoms with Crippen LogP contribution in [0.5, 0.6) is 0 Å². The SMILES string of the molecule is O=C(O)c1cnc(Nc2cc(Br)ccc2Cl)c(Cl)c1. The van der Waals surface area contributed by atoms with E-state index in [0.717, 1.165) is 4.47 Å². The number of nitrogens with zero attached hydrogens (tertiary/aromatic N) is 1. The number of aromatic carboxylic acids is 1. The van der Waals surface area contributed by atoms with Crippen LogP contribution in [0.15, 0.2) is 34.9 Å². The van der Waals surface area contributed by atoms with Crippen molar-refractivity contribution in [1.82, 2.24) is 4.98 Å². The smallest absolute Gasteiger partial charge is 0.337 e. The molecule has 2 N–H and O–H groups in total. The molecule has 1 aromatic carbocycles. The summed E-state index contributed by atoms with van der Waals surface area (Å²) in [7, 11) is 0. The van der Waals surface area contributed by atoms with Gasteiger partial charge in [-0.2, -0.15) is 0 Å². The topological polar surface area (TPSA) is 62.2 Å². The number of nitrogens with one attached hydrogen (secondary N) is 1. The van der Waals surface area contributed by atoms with Crippen LogP contribution in [0.25, 0.3) is 0 Å². The van der Waals surface area contributed by atoms with E-state index in [0.29, 0.717) is 16.5 Å². The Bertz CT molecular complexity index is 650. The molecule has 0 aliphatic rings. The molecule has 0 fully saturated rings. The third kappa shape index (κ3) is 3.37. The fraction of sp³-hybridized carbons (Fsp3) is 0. The molecule has 98 valence electrons. The first kappa shape index (κ1) is 14.1. The van der Waals surface area contributed by atoms with Crippen LogP contribution < -0.4 is 5.32 Å². The molecule has 0 bridgehead atoms. The molecular weight excluding hydrogens is 355 g/mol. The summed E-state index contributed by atoms with van der Waals surface area (Å²) in [6.45, 7) is 0. The number of hydrogen-bond donors (Lipinski definition) is 2. The molecule has 0 unspecified atom stereocenters. The van der Waals surface area contributed by atoms with Gasteiger partial charge in [0.2, 0.25) is 0 Å². The van der Waals surface area contributed by atoms with Crippen LogP contribution in [0.2, 0.25) is 10.0 Å². The third-order valence-corrected chi connectivity index (χ3v) is 3.38. The molecule has 0 radical (unpaired) electrons. The quantitative estimate of drug-likeness (QED) is 0.839. The minimum Gasteiger partial charge on any atom is -0.478 e. The number of benzene rings is 1. The molecule has 19 heavy (non-hydrogen) atoms. The van der Waals surface area contributed by atoms with Gasteiger partial charge in [-0.15, -0.1) is 0 Å². The summed E-state index contributed by atoms with van der Waals surface area (Å²) in [5.41, 5.74) is 0.643. The normalized spacial score (nSPS) is 10.3. The number of anilines is 2. The highest BCUT2D eigenvalue weighted by Crippen LogP contribution is 2.30. The molecule has 4 nitrogen and oxygen atoms in total. The highest BCUT2D eigenvalue weighted by Gasteiger charge is 2.10. The summed E-state index contributed by atoms with van der Waals surface area (Å²) in [4.78, 5) is 14.7. The zero-order valence-electron chi connectivity index (χ0n) is 9.32. The van der Waals surface area contributed by atoms with Crippen LogP contribution >= 0.6 is 39.1 Å². The van der Waals surface area contributed by atoms with Crippen LogP contribution in [0.4, 0.5) is 11.5 Å². The van der Waals surface area contributed by atoms with Crippen molar-refractivity contribution in [3.05, 3.63) is 50.5 Å². The average molecular weight is 362 g/mol. The molecule has 0 aliphatic carbocycles. The van der Waals surface area contributed by atoms with Gasteiger partial charge >= 0.3 is 5.97 Å². The Morgan fingerprint density at radius 2 is 2.00 bits per heavy atom. The van der Waals surface area contributed by atoms with Crippen molar-refractivity contribution in [2.75, 3.05) is 5.32 Å². The van der Waals surface area contributed by atoms with Gasteiger partial charge in [-0.1, -0.05) is 39.1 Å². The van der Waals surface area contributed by atoms with Gasteiger partial charge in [0.1, 0.15) is 5.82 Å². The van der Waals surface area contributed by atoms with Gasteiger partial charge in [-0.05, 0) is 24.3 Å². The van der Waals surface area contributed by atoms with E-state index in [-0.39, 0.29) is 10.6 Å². The zero-order chi connectivity index (χ0) is 14.0. The van der Waals surface area contributed by atoms with E-state index in [2.05, 4.69) is 26.2 Å². The van der Waals surface area contributed by atoms with E-state index in [1.54, 1.807) is 18.2 Å². The van der Waals surface area contributed by atoms with E-state index >= 15 is 0 Å². The number of rotatable bonds is 3. The minimum absolute atomic E-state index is 0.0240. The van der Waals surface area contributed by atoms with Crippen LogP contribution in [0.3, 0.4) is 0 Å². The van der Waals surface area contributed by atoms with Gasteiger partial charge in [0, 0.05) is 10.7 Å². The molecule has 0 atom stereocenters. The van der Waals surface area contributed by atoms with E-state index < -0.39 is 5.97 Å². The van der Waals surface area contributed by atoms with Crippen molar-refractivity contribution >= 4 is 56.6 Å². The van der Waals surface area contributed by atoms with Crippen molar-refractivity contribution in [2.24, 2.45) is 0 Å². The van der Waals surface area contributed by atoms with Crippen molar-refractivity contribution in [3.8, 4) is 0 Å². The highest BCUT2D eigenvalue weighted by atomic mass is 79.9. The molecule has 1 heterocycles. The number of halogens is 3. The van der Waals surface area contributed by atoms with Gasteiger partial charge in [0.25, 0.3) is 0 Å².